The Morgan fingerprint density at radius 2 is 2.11 bits per heavy atom. The summed E-state index contributed by atoms with van der Waals surface area (Å²) in [5, 5.41) is 10.6. The van der Waals surface area contributed by atoms with E-state index >= 15 is 0 Å². The maximum Gasteiger partial charge on any atom is 0.338 e. The molecular formula is C14H16O5. The Kier molecular flexibility index (Phi) is 2.85. The van der Waals surface area contributed by atoms with Crippen LogP contribution in [0.1, 0.15) is 23.7 Å². The summed E-state index contributed by atoms with van der Waals surface area (Å²) in [5.74, 6) is -1.53. The fourth-order valence-corrected chi connectivity index (χ4v) is 2.65. The van der Waals surface area contributed by atoms with Crippen molar-refractivity contribution in [3.05, 3.63) is 35.9 Å². The fourth-order valence-electron chi connectivity index (χ4n) is 2.65. The van der Waals surface area contributed by atoms with Gasteiger partial charge in [0.1, 0.15) is 0 Å². The Morgan fingerprint density at radius 3 is 2.84 bits per heavy atom. The van der Waals surface area contributed by atoms with Gasteiger partial charge in [0.2, 0.25) is 0 Å². The maximum atomic E-state index is 12.0. The molecule has 0 aromatic heterocycles. The van der Waals surface area contributed by atoms with E-state index in [0.29, 0.717) is 18.6 Å². The van der Waals surface area contributed by atoms with Crippen LogP contribution in [0.4, 0.5) is 0 Å². The third-order valence-electron chi connectivity index (χ3n) is 3.95. The van der Waals surface area contributed by atoms with Gasteiger partial charge in [-0.15, -0.1) is 0 Å². The second-order valence-corrected chi connectivity index (χ2v) is 5.04. The molecule has 0 bridgehead atoms. The molecule has 2 aliphatic rings. The van der Waals surface area contributed by atoms with Crippen LogP contribution in [0.3, 0.4) is 0 Å². The molecule has 5 nitrogen and oxygen atoms in total. The Labute approximate surface area is 111 Å². The standard InChI is InChI=1S/C14H16O5/c1-13-14(16,7-8-17-13)11(9-18-13)19-12(15)10-5-3-2-4-6-10/h2-6,11,16H,7-9H2,1H3/t11-,13+,14+/m0/s1. The van der Waals surface area contributed by atoms with E-state index in [4.69, 9.17) is 14.2 Å². The lowest BCUT2D eigenvalue weighted by molar-refractivity contribution is -0.229. The van der Waals surface area contributed by atoms with Gasteiger partial charge >= 0.3 is 5.97 Å². The lowest BCUT2D eigenvalue weighted by Gasteiger charge is -2.32. The van der Waals surface area contributed by atoms with Crippen LogP contribution < -0.4 is 0 Å². The predicted octanol–water partition coefficient (Wildman–Crippen LogP) is 1.11. The van der Waals surface area contributed by atoms with Crippen LogP contribution in [0.2, 0.25) is 0 Å². The lowest BCUT2D eigenvalue weighted by atomic mass is 9.90. The predicted molar refractivity (Wildman–Crippen MR) is 65.5 cm³/mol. The zero-order chi connectivity index (χ0) is 13.5. The molecule has 3 rings (SSSR count). The number of carbonyl (C=O) groups is 1. The molecule has 1 aromatic carbocycles. The summed E-state index contributed by atoms with van der Waals surface area (Å²) in [6.45, 7) is 2.22. The minimum absolute atomic E-state index is 0.144. The monoisotopic (exact) mass is 264 g/mol. The number of fused-ring (bicyclic) bond motifs is 1. The molecule has 5 heteroatoms. The number of ether oxygens (including phenoxy) is 3. The van der Waals surface area contributed by atoms with Gasteiger partial charge in [0.15, 0.2) is 17.5 Å². The van der Waals surface area contributed by atoms with Crippen molar-refractivity contribution >= 4 is 5.97 Å². The van der Waals surface area contributed by atoms with Crippen LogP contribution in [0, 0.1) is 0 Å². The summed E-state index contributed by atoms with van der Waals surface area (Å²) in [6.07, 6.45) is -0.302. The summed E-state index contributed by atoms with van der Waals surface area (Å²) in [6, 6.07) is 8.70. The number of aliphatic hydroxyl groups is 1. The highest BCUT2D eigenvalue weighted by atomic mass is 16.7. The van der Waals surface area contributed by atoms with E-state index in [1.807, 2.05) is 6.07 Å². The largest absolute Gasteiger partial charge is 0.453 e. The molecule has 0 radical (unpaired) electrons. The van der Waals surface area contributed by atoms with Crippen LogP contribution >= 0.6 is 0 Å². The van der Waals surface area contributed by atoms with E-state index in [1.54, 1.807) is 31.2 Å². The molecule has 0 aliphatic carbocycles. The number of benzene rings is 1. The minimum atomic E-state index is -1.27. The topological polar surface area (TPSA) is 65.0 Å². The Bertz CT molecular complexity index is 488. The van der Waals surface area contributed by atoms with Gasteiger partial charge in [0, 0.05) is 6.42 Å². The first-order chi connectivity index (χ1) is 9.05. The quantitative estimate of drug-likeness (QED) is 0.811. The van der Waals surface area contributed by atoms with Gasteiger partial charge in [-0.2, -0.15) is 0 Å². The van der Waals surface area contributed by atoms with E-state index < -0.39 is 23.5 Å². The van der Waals surface area contributed by atoms with E-state index in [0.717, 1.165) is 0 Å². The van der Waals surface area contributed by atoms with Gasteiger partial charge in [-0.3, -0.25) is 0 Å². The van der Waals surface area contributed by atoms with Crippen LogP contribution in [-0.2, 0) is 14.2 Å². The zero-order valence-corrected chi connectivity index (χ0v) is 10.7. The van der Waals surface area contributed by atoms with Gasteiger partial charge in [-0.25, -0.2) is 4.79 Å². The number of hydrogen-bond acceptors (Lipinski definition) is 5. The second kappa shape index (κ2) is 4.30. The number of esters is 1. The van der Waals surface area contributed by atoms with Crippen LogP contribution in [-0.4, -0.2) is 41.8 Å². The van der Waals surface area contributed by atoms with Crippen molar-refractivity contribution in [1.29, 1.82) is 0 Å². The lowest BCUT2D eigenvalue weighted by Crippen LogP contribution is -2.52. The van der Waals surface area contributed by atoms with E-state index in [2.05, 4.69) is 0 Å². The summed E-state index contributed by atoms with van der Waals surface area (Å²) in [5.41, 5.74) is -0.809. The van der Waals surface area contributed by atoms with Crippen LogP contribution in [0.5, 0.6) is 0 Å². The van der Waals surface area contributed by atoms with Gasteiger partial charge in [-0.05, 0) is 19.1 Å². The van der Waals surface area contributed by atoms with Gasteiger partial charge < -0.3 is 19.3 Å². The molecule has 0 saturated carbocycles. The number of hydrogen-bond donors (Lipinski definition) is 1. The fraction of sp³-hybridized carbons (Fsp3) is 0.500. The molecule has 0 unspecified atom stereocenters. The summed E-state index contributed by atoms with van der Waals surface area (Å²) >= 11 is 0. The number of rotatable bonds is 2. The molecule has 3 atom stereocenters. The molecule has 102 valence electrons. The first-order valence-electron chi connectivity index (χ1n) is 6.31. The van der Waals surface area contributed by atoms with E-state index in [9.17, 15) is 9.90 Å². The molecule has 2 aliphatic heterocycles. The van der Waals surface area contributed by atoms with Crippen molar-refractivity contribution in [2.75, 3.05) is 13.2 Å². The maximum absolute atomic E-state index is 12.0. The third-order valence-corrected chi connectivity index (χ3v) is 3.95. The van der Waals surface area contributed by atoms with E-state index in [-0.39, 0.29) is 6.61 Å². The Balaban J connectivity index is 1.76. The SMILES string of the molecule is C[C@]12OCC[C@@]1(O)[C@@H](OC(=O)c1ccccc1)CO2. The molecule has 19 heavy (non-hydrogen) atoms. The normalized spacial score (nSPS) is 37.1. The summed E-state index contributed by atoms with van der Waals surface area (Å²) < 4.78 is 16.3. The summed E-state index contributed by atoms with van der Waals surface area (Å²) in [4.78, 5) is 12.0. The number of carbonyl (C=O) groups excluding carboxylic acids is 1. The highest BCUT2D eigenvalue weighted by Gasteiger charge is 2.64. The smallest absolute Gasteiger partial charge is 0.338 e. The highest BCUT2D eigenvalue weighted by molar-refractivity contribution is 5.89. The van der Waals surface area contributed by atoms with Crippen molar-refractivity contribution in [3.63, 3.8) is 0 Å². The Morgan fingerprint density at radius 1 is 1.37 bits per heavy atom. The van der Waals surface area contributed by atoms with Crippen molar-refractivity contribution in [2.45, 2.75) is 30.8 Å². The molecule has 2 fully saturated rings. The van der Waals surface area contributed by atoms with Crippen LogP contribution in [0.15, 0.2) is 30.3 Å². The zero-order valence-electron chi connectivity index (χ0n) is 10.7. The van der Waals surface area contributed by atoms with Crippen molar-refractivity contribution in [3.8, 4) is 0 Å². The van der Waals surface area contributed by atoms with Gasteiger partial charge in [0.05, 0.1) is 18.8 Å². The first kappa shape index (κ1) is 12.6. The molecule has 0 amide bonds. The van der Waals surface area contributed by atoms with Gasteiger partial charge in [0.25, 0.3) is 0 Å². The van der Waals surface area contributed by atoms with Gasteiger partial charge in [-0.1, -0.05) is 18.2 Å². The van der Waals surface area contributed by atoms with Crippen LogP contribution in [0.25, 0.3) is 0 Å². The average molecular weight is 264 g/mol. The second-order valence-electron chi connectivity index (χ2n) is 5.04. The van der Waals surface area contributed by atoms with Crippen molar-refractivity contribution in [2.24, 2.45) is 0 Å². The Hall–Kier alpha value is -1.43. The molecule has 1 aromatic rings. The van der Waals surface area contributed by atoms with Crippen molar-refractivity contribution in [1.82, 2.24) is 0 Å². The van der Waals surface area contributed by atoms with E-state index in [1.165, 1.54) is 0 Å². The molecule has 2 saturated heterocycles. The highest BCUT2D eigenvalue weighted by Crippen LogP contribution is 2.45. The van der Waals surface area contributed by atoms with Crippen molar-refractivity contribution < 1.29 is 24.1 Å². The molecule has 1 N–H and O–H groups in total. The summed E-state index contributed by atoms with van der Waals surface area (Å²) in [7, 11) is 0. The average Bonchev–Trinajstić information content (AvgIpc) is 2.83. The molecule has 2 heterocycles. The first-order valence-corrected chi connectivity index (χ1v) is 6.31. The molecular weight excluding hydrogens is 248 g/mol. The minimum Gasteiger partial charge on any atom is -0.453 e. The molecule has 0 spiro atoms. The third kappa shape index (κ3) is 1.85.